The van der Waals surface area contributed by atoms with E-state index in [1.54, 1.807) is 13.8 Å². The molecule has 0 aliphatic rings. The summed E-state index contributed by atoms with van der Waals surface area (Å²) >= 11 is -3.66. The second kappa shape index (κ2) is 13.2. The second-order valence-electron chi connectivity index (χ2n) is 4.48. The van der Waals surface area contributed by atoms with Crippen LogP contribution in [-0.2, 0) is 59.1 Å². The summed E-state index contributed by atoms with van der Waals surface area (Å²) in [4.78, 5) is 0. The van der Waals surface area contributed by atoms with Crippen LogP contribution in [0.4, 0.5) is 0 Å². The van der Waals surface area contributed by atoms with Crippen molar-refractivity contribution in [2.24, 2.45) is 0 Å². The first-order valence-electron chi connectivity index (χ1n) is 7.39. The molecule has 0 saturated carbocycles. The third kappa shape index (κ3) is 14.9. The van der Waals surface area contributed by atoms with Gasteiger partial charge in [0, 0.05) is 0 Å². The summed E-state index contributed by atoms with van der Waals surface area (Å²) in [5.41, 5.74) is 0. The molecule has 0 fully saturated rings. The molecular formula is C11H24O10S4. The highest BCUT2D eigenvalue weighted by molar-refractivity contribution is 7.88. The fraction of sp³-hybridized carbons (Fsp3) is 1.00. The van der Waals surface area contributed by atoms with Crippen LogP contribution in [0.25, 0.3) is 0 Å². The molecule has 0 bridgehead atoms. The Hall–Kier alpha value is 0.0400. The summed E-state index contributed by atoms with van der Waals surface area (Å²) in [6, 6.07) is 0. The lowest BCUT2D eigenvalue weighted by Gasteiger charge is -2.06. The average Bonchev–Trinajstić information content (AvgIpc) is 2.51. The number of unbranched alkanes of at least 4 members (excludes halogenated alkanes) is 2. The Kier molecular flexibility index (Phi) is 13.3. The maximum atomic E-state index is 11.5. The van der Waals surface area contributed by atoms with Gasteiger partial charge in [0.1, 0.15) is 0 Å². The third-order valence-electron chi connectivity index (χ3n) is 2.44. The molecule has 0 spiro atoms. The summed E-state index contributed by atoms with van der Waals surface area (Å²) < 4.78 is 86.7. The number of hydrogen-bond donors (Lipinski definition) is 0. The molecule has 2 unspecified atom stereocenters. The van der Waals surface area contributed by atoms with Gasteiger partial charge in [-0.3, -0.25) is 16.7 Å². The largest absolute Gasteiger partial charge is 0.289 e. The quantitative estimate of drug-likeness (QED) is 0.239. The van der Waals surface area contributed by atoms with E-state index in [1.165, 1.54) is 0 Å². The molecule has 0 aromatic heterocycles. The van der Waals surface area contributed by atoms with Crippen LogP contribution >= 0.6 is 0 Å². The Morgan fingerprint density at radius 3 is 1.36 bits per heavy atom. The molecule has 0 amide bonds. The predicted molar refractivity (Wildman–Crippen MR) is 92.9 cm³/mol. The molecular weight excluding hydrogens is 420 g/mol. The summed E-state index contributed by atoms with van der Waals surface area (Å²) in [5, 5.41) is 0. The van der Waals surface area contributed by atoms with E-state index in [0.717, 1.165) is 0 Å². The van der Waals surface area contributed by atoms with E-state index in [-0.39, 0.29) is 37.6 Å². The fourth-order valence-corrected chi connectivity index (χ4v) is 5.22. The van der Waals surface area contributed by atoms with Gasteiger partial charge in [-0.25, -0.2) is 8.42 Å². The lowest BCUT2D eigenvalue weighted by atomic mass is 10.3. The molecule has 14 heteroatoms. The van der Waals surface area contributed by atoms with Crippen LogP contribution in [0.15, 0.2) is 0 Å². The minimum absolute atomic E-state index is 0.171. The molecule has 0 aliphatic carbocycles. The van der Waals surface area contributed by atoms with Crippen LogP contribution < -0.4 is 0 Å². The number of hydrogen-bond acceptors (Lipinski definition) is 10. The number of rotatable bonds is 16. The minimum atomic E-state index is -3.85. The normalized spacial score (nSPS) is 15.1. The van der Waals surface area contributed by atoms with E-state index in [0.29, 0.717) is 6.42 Å². The summed E-state index contributed by atoms with van der Waals surface area (Å²) in [6.45, 7) is 3.56. The van der Waals surface area contributed by atoms with Crippen LogP contribution in [0, 0.1) is 0 Å². The van der Waals surface area contributed by atoms with Crippen molar-refractivity contribution >= 4 is 42.4 Å². The SMILES string of the molecule is CCOS(=O)COS(=O)(=O)CCCCCS(=O)(=O)OCS(=O)OCC. The van der Waals surface area contributed by atoms with Crippen molar-refractivity contribution in [2.45, 2.75) is 33.1 Å². The molecule has 0 aromatic carbocycles. The molecule has 0 aliphatic heterocycles. The van der Waals surface area contributed by atoms with Gasteiger partial charge in [-0.1, -0.05) is 6.42 Å². The highest BCUT2D eigenvalue weighted by Gasteiger charge is 2.16. The zero-order valence-electron chi connectivity index (χ0n) is 14.1. The van der Waals surface area contributed by atoms with Crippen molar-refractivity contribution in [3.8, 4) is 0 Å². The third-order valence-corrected chi connectivity index (χ3v) is 6.88. The zero-order chi connectivity index (χ0) is 19.3. The smallest absolute Gasteiger partial charge is 0.268 e. The lowest BCUT2D eigenvalue weighted by molar-refractivity contribution is 0.326. The van der Waals surface area contributed by atoms with Gasteiger partial charge >= 0.3 is 0 Å². The monoisotopic (exact) mass is 444 g/mol. The van der Waals surface area contributed by atoms with Crippen molar-refractivity contribution in [1.82, 2.24) is 0 Å². The van der Waals surface area contributed by atoms with Crippen LogP contribution in [0.1, 0.15) is 33.1 Å². The van der Waals surface area contributed by atoms with E-state index in [9.17, 15) is 25.3 Å². The molecule has 0 aromatic rings. The Labute approximate surface area is 154 Å². The van der Waals surface area contributed by atoms with E-state index in [4.69, 9.17) is 0 Å². The second-order valence-corrected chi connectivity index (χ2v) is 10.2. The summed E-state index contributed by atoms with van der Waals surface area (Å²) in [6.07, 6.45) is 0.641. The summed E-state index contributed by atoms with van der Waals surface area (Å²) in [7, 11) is -7.70. The van der Waals surface area contributed by atoms with Crippen molar-refractivity contribution in [1.29, 1.82) is 0 Å². The molecule has 0 N–H and O–H groups in total. The van der Waals surface area contributed by atoms with Crippen molar-refractivity contribution < 1.29 is 42.0 Å². The van der Waals surface area contributed by atoms with Crippen LogP contribution in [-0.4, -0.2) is 61.9 Å². The van der Waals surface area contributed by atoms with E-state index < -0.39 is 54.3 Å². The Bertz CT molecular complexity index is 559. The first-order chi connectivity index (χ1) is 11.6. The molecule has 0 rings (SSSR count). The first kappa shape index (κ1) is 25.0. The topological polar surface area (TPSA) is 139 Å². The molecule has 0 radical (unpaired) electrons. The Balaban J connectivity index is 3.96. The maximum absolute atomic E-state index is 11.5. The van der Waals surface area contributed by atoms with Gasteiger partial charge in [0.2, 0.25) is 0 Å². The molecule has 152 valence electrons. The average molecular weight is 445 g/mol. The van der Waals surface area contributed by atoms with Gasteiger partial charge in [0.05, 0.1) is 24.7 Å². The molecule has 25 heavy (non-hydrogen) atoms. The van der Waals surface area contributed by atoms with E-state index in [1.807, 2.05) is 0 Å². The van der Waals surface area contributed by atoms with Crippen LogP contribution in [0.2, 0.25) is 0 Å². The lowest BCUT2D eigenvalue weighted by Crippen LogP contribution is -2.16. The van der Waals surface area contributed by atoms with Gasteiger partial charge in [-0.15, -0.1) is 0 Å². The van der Waals surface area contributed by atoms with Crippen molar-refractivity contribution in [3.63, 3.8) is 0 Å². The predicted octanol–water partition coefficient (Wildman–Crippen LogP) is 0.165. The van der Waals surface area contributed by atoms with E-state index in [2.05, 4.69) is 16.7 Å². The van der Waals surface area contributed by atoms with Gasteiger partial charge in [0.15, 0.2) is 34.0 Å². The molecule has 0 heterocycles. The zero-order valence-corrected chi connectivity index (χ0v) is 17.3. The molecule has 2 atom stereocenters. The Morgan fingerprint density at radius 1 is 0.680 bits per heavy atom. The molecule has 10 nitrogen and oxygen atoms in total. The van der Waals surface area contributed by atoms with Crippen LogP contribution in [0.3, 0.4) is 0 Å². The highest BCUT2D eigenvalue weighted by Crippen LogP contribution is 2.06. The summed E-state index contributed by atoms with van der Waals surface area (Å²) in [5.74, 6) is -1.80. The van der Waals surface area contributed by atoms with Gasteiger partial charge in [-0.05, 0) is 26.7 Å². The van der Waals surface area contributed by atoms with Gasteiger partial charge in [0.25, 0.3) is 20.2 Å². The standard InChI is InChI=1S/C11H24O10S4/c1-3-18-22(12)10-20-24(14,15)8-6-5-7-9-25(16,17)21-11-23(13)19-4-2/h3-11H2,1-2H3. The molecule has 0 saturated heterocycles. The van der Waals surface area contributed by atoms with Crippen molar-refractivity contribution in [2.75, 3.05) is 36.6 Å². The fourth-order valence-electron chi connectivity index (χ4n) is 1.41. The van der Waals surface area contributed by atoms with Crippen LogP contribution in [0.5, 0.6) is 0 Å². The van der Waals surface area contributed by atoms with E-state index >= 15 is 0 Å². The van der Waals surface area contributed by atoms with Gasteiger partial charge in [-0.2, -0.15) is 16.8 Å². The highest BCUT2D eigenvalue weighted by atomic mass is 32.2. The minimum Gasteiger partial charge on any atom is -0.289 e. The van der Waals surface area contributed by atoms with Gasteiger partial charge < -0.3 is 0 Å². The maximum Gasteiger partial charge on any atom is 0.268 e. The Morgan fingerprint density at radius 2 is 1.04 bits per heavy atom. The first-order valence-corrected chi connectivity index (χ1v) is 13.0. The van der Waals surface area contributed by atoms with Crippen molar-refractivity contribution in [3.05, 3.63) is 0 Å².